The number of aryl methyl sites for hydroxylation is 1. The first-order valence-electron chi connectivity index (χ1n) is 5.24. The van der Waals surface area contributed by atoms with Crippen LogP contribution in [0, 0.1) is 0 Å². The minimum absolute atomic E-state index is 0.996. The molecule has 0 bridgehead atoms. The molecule has 0 aliphatic heterocycles. The molecule has 0 saturated heterocycles. The minimum atomic E-state index is 0.996. The summed E-state index contributed by atoms with van der Waals surface area (Å²) in [6, 6.07) is 10.5. The van der Waals surface area contributed by atoms with Crippen LogP contribution in [-0.2, 0) is 6.42 Å². The summed E-state index contributed by atoms with van der Waals surface area (Å²) in [6.45, 7) is 2.18. The van der Waals surface area contributed by atoms with Crippen molar-refractivity contribution in [2.75, 3.05) is 0 Å². The van der Waals surface area contributed by atoms with Gasteiger partial charge in [-0.2, -0.15) is 0 Å². The smallest absolute Gasteiger partial charge is 0.138 e. The number of fused-ring (bicyclic) bond motifs is 3. The lowest BCUT2D eigenvalue weighted by Crippen LogP contribution is -1.83. The van der Waals surface area contributed by atoms with Gasteiger partial charge in [0.1, 0.15) is 5.65 Å². The highest BCUT2D eigenvalue weighted by molar-refractivity contribution is 6.07. The Hall–Kier alpha value is -1.83. The SMILES string of the molecule is CCc1ccnc2[nH]c3ccccc3c12. The second kappa shape index (κ2) is 3.09. The highest BCUT2D eigenvalue weighted by Crippen LogP contribution is 2.26. The molecule has 0 radical (unpaired) electrons. The van der Waals surface area contributed by atoms with Crippen molar-refractivity contribution in [1.29, 1.82) is 0 Å². The standard InChI is InChI=1S/C13H12N2/c1-2-9-7-8-14-13-12(9)10-5-3-4-6-11(10)15-13/h3-8H,2H2,1H3,(H,14,15). The monoisotopic (exact) mass is 196 g/mol. The maximum absolute atomic E-state index is 4.37. The van der Waals surface area contributed by atoms with E-state index in [1.807, 2.05) is 12.3 Å². The fraction of sp³-hybridized carbons (Fsp3) is 0.154. The molecule has 0 aliphatic rings. The van der Waals surface area contributed by atoms with Crippen molar-refractivity contribution in [2.24, 2.45) is 0 Å². The Labute approximate surface area is 88.0 Å². The largest absolute Gasteiger partial charge is 0.339 e. The third-order valence-corrected chi connectivity index (χ3v) is 2.87. The van der Waals surface area contributed by atoms with Crippen LogP contribution < -0.4 is 0 Å². The van der Waals surface area contributed by atoms with Gasteiger partial charge < -0.3 is 4.98 Å². The van der Waals surface area contributed by atoms with Gasteiger partial charge in [-0.25, -0.2) is 4.98 Å². The third-order valence-electron chi connectivity index (χ3n) is 2.87. The fourth-order valence-corrected chi connectivity index (χ4v) is 2.13. The molecule has 2 heterocycles. The van der Waals surface area contributed by atoms with Gasteiger partial charge in [0.05, 0.1) is 0 Å². The number of rotatable bonds is 1. The quantitative estimate of drug-likeness (QED) is 0.635. The van der Waals surface area contributed by atoms with E-state index in [0.717, 1.165) is 12.1 Å². The summed E-state index contributed by atoms with van der Waals surface area (Å²) in [6.07, 6.45) is 2.91. The normalized spacial score (nSPS) is 11.3. The van der Waals surface area contributed by atoms with Gasteiger partial charge >= 0.3 is 0 Å². The van der Waals surface area contributed by atoms with Crippen molar-refractivity contribution < 1.29 is 0 Å². The van der Waals surface area contributed by atoms with Crippen molar-refractivity contribution in [3.63, 3.8) is 0 Å². The maximum Gasteiger partial charge on any atom is 0.138 e. The molecular weight excluding hydrogens is 184 g/mol. The molecule has 0 aliphatic carbocycles. The average Bonchev–Trinajstić information content (AvgIpc) is 2.67. The number of hydrogen-bond donors (Lipinski definition) is 1. The zero-order valence-electron chi connectivity index (χ0n) is 8.62. The van der Waals surface area contributed by atoms with Crippen molar-refractivity contribution in [3.8, 4) is 0 Å². The summed E-state index contributed by atoms with van der Waals surface area (Å²) in [7, 11) is 0. The summed E-state index contributed by atoms with van der Waals surface area (Å²) in [5.41, 5.74) is 3.52. The lowest BCUT2D eigenvalue weighted by atomic mass is 10.1. The van der Waals surface area contributed by atoms with Crippen LogP contribution in [0.4, 0.5) is 0 Å². The van der Waals surface area contributed by atoms with Crippen molar-refractivity contribution in [1.82, 2.24) is 9.97 Å². The Morgan fingerprint density at radius 1 is 1.20 bits per heavy atom. The van der Waals surface area contributed by atoms with Crippen LogP contribution in [0.15, 0.2) is 36.5 Å². The van der Waals surface area contributed by atoms with Gasteiger partial charge in [-0.3, -0.25) is 0 Å². The summed E-state index contributed by atoms with van der Waals surface area (Å²) in [5.74, 6) is 0. The molecular formula is C13H12N2. The number of aromatic nitrogens is 2. The van der Waals surface area contributed by atoms with Crippen molar-refractivity contribution in [3.05, 3.63) is 42.1 Å². The molecule has 0 fully saturated rings. The van der Waals surface area contributed by atoms with Gasteiger partial charge in [0, 0.05) is 22.5 Å². The molecule has 74 valence electrons. The molecule has 0 spiro atoms. The molecule has 3 aromatic rings. The van der Waals surface area contributed by atoms with Gasteiger partial charge in [0.25, 0.3) is 0 Å². The molecule has 3 rings (SSSR count). The van der Waals surface area contributed by atoms with E-state index in [2.05, 4.69) is 41.2 Å². The van der Waals surface area contributed by atoms with E-state index in [1.54, 1.807) is 0 Å². The summed E-state index contributed by atoms with van der Waals surface area (Å²) < 4.78 is 0. The molecule has 2 heteroatoms. The van der Waals surface area contributed by atoms with Crippen molar-refractivity contribution in [2.45, 2.75) is 13.3 Å². The first kappa shape index (κ1) is 8.48. The summed E-state index contributed by atoms with van der Waals surface area (Å²) in [4.78, 5) is 7.71. The summed E-state index contributed by atoms with van der Waals surface area (Å²) >= 11 is 0. The lowest BCUT2D eigenvalue weighted by molar-refractivity contribution is 1.15. The fourth-order valence-electron chi connectivity index (χ4n) is 2.13. The van der Waals surface area contributed by atoms with Crippen LogP contribution in [0.1, 0.15) is 12.5 Å². The van der Waals surface area contributed by atoms with Crippen LogP contribution in [0.2, 0.25) is 0 Å². The topological polar surface area (TPSA) is 28.7 Å². The Balaban J connectivity index is 2.56. The second-order valence-electron chi connectivity index (χ2n) is 3.72. The van der Waals surface area contributed by atoms with E-state index in [1.165, 1.54) is 21.9 Å². The Morgan fingerprint density at radius 3 is 2.93 bits per heavy atom. The molecule has 0 atom stereocenters. The number of benzene rings is 1. The van der Waals surface area contributed by atoms with Gasteiger partial charge in [0.15, 0.2) is 0 Å². The first-order chi connectivity index (χ1) is 7.40. The molecule has 1 N–H and O–H groups in total. The van der Waals surface area contributed by atoms with E-state index in [4.69, 9.17) is 0 Å². The van der Waals surface area contributed by atoms with Gasteiger partial charge in [-0.05, 0) is 24.1 Å². The number of hydrogen-bond acceptors (Lipinski definition) is 1. The second-order valence-corrected chi connectivity index (χ2v) is 3.72. The van der Waals surface area contributed by atoms with Crippen LogP contribution in [0.3, 0.4) is 0 Å². The molecule has 0 amide bonds. The number of nitrogens with zero attached hydrogens (tertiary/aromatic N) is 1. The first-order valence-corrected chi connectivity index (χ1v) is 5.24. The Bertz CT molecular complexity index is 623. The zero-order chi connectivity index (χ0) is 10.3. The molecule has 2 nitrogen and oxygen atoms in total. The highest BCUT2D eigenvalue weighted by atomic mass is 14.8. The van der Waals surface area contributed by atoms with Crippen molar-refractivity contribution >= 4 is 21.9 Å². The predicted octanol–water partition coefficient (Wildman–Crippen LogP) is 3.28. The molecule has 15 heavy (non-hydrogen) atoms. The molecule has 2 aromatic heterocycles. The average molecular weight is 196 g/mol. The van der Waals surface area contributed by atoms with Crippen LogP contribution in [0.5, 0.6) is 0 Å². The van der Waals surface area contributed by atoms with Crippen LogP contribution in [0.25, 0.3) is 21.9 Å². The highest BCUT2D eigenvalue weighted by Gasteiger charge is 2.07. The summed E-state index contributed by atoms with van der Waals surface area (Å²) in [5, 5.41) is 2.55. The van der Waals surface area contributed by atoms with E-state index < -0.39 is 0 Å². The van der Waals surface area contributed by atoms with E-state index in [-0.39, 0.29) is 0 Å². The van der Waals surface area contributed by atoms with E-state index >= 15 is 0 Å². The molecule has 0 unspecified atom stereocenters. The number of aromatic amines is 1. The Kier molecular flexibility index (Phi) is 1.75. The predicted molar refractivity (Wildman–Crippen MR) is 63.0 cm³/mol. The molecule has 0 saturated carbocycles. The number of pyridine rings is 1. The van der Waals surface area contributed by atoms with Crippen LogP contribution >= 0.6 is 0 Å². The number of nitrogens with one attached hydrogen (secondary N) is 1. The molecule has 1 aromatic carbocycles. The minimum Gasteiger partial charge on any atom is -0.339 e. The van der Waals surface area contributed by atoms with Gasteiger partial charge in [-0.15, -0.1) is 0 Å². The lowest BCUT2D eigenvalue weighted by Gasteiger charge is -1.98. The van der Waals surface area contributed by atoms with E-state index in [9.17, 15) is 0 Å². The number of H-pyrrole nitrogens is 1. The van der Waals surface area contributed by atoms with Gasteiger partial charge in [0.2, 0.25) is 0 Å². The third kappa shape index (κ3) is 1.14. The van der Waals surface area contributed by atoms with E-state index in [0.29, 0.717) is 0 Å². The zero-order valence-corrected chi connectivity index (χ0v) is 8.62. The Morgan fingerprint density at radius 2 is 2.07 bits per heavy atom. The number of para-hydroxylation sites is 1. The van der Waals surface area contributed by atoms with Gasteiger partial charge in [-0.1, -0.05) is 25.1 Å². The van der Waals surface area contributed by atoms with Crippen LogP contribution in [-0.4, -0.2) is 9.97 Å². The maximum atomic E-state index is 4.37.